The molecule has 256 valence electrons. The van der Waals surface area contributed by atoms with E-state index in [9.17, 15) is 87.6 Å². The summed E-state index contributed by atoms with van der Waals surface area (Å²) in [7, 11) is -8.14. The van der Waals surface area contributed by atoms with E-state index in [1.54, 1.807) is 0 Å². The minimum absolute atomic E-state index is 1.33. The predicted octanol–water partition coefficient (Wildman–Crippen LogP) is 7.94. The minimum atomic E-state index is -8.92. The molecule has 0 N–H and O–H groups in total. The highest BCUT2D eigenvalue weighted by molar-refractivity contribution is 7.86. The zero-order valence-corrected chi connectivity index (χ0v) is 23.0. The summed E-state index contributed by atoms with van der Waals surface area (Å²) in [5.74, 6) is -52.1. The summed E-state index contributed by atoms with van der Waals surface area (Å²) < 4.78 is 245. The van der Waals surface area contributed by atoms with Crippen LogP contribution in [0.2, 0.25) is 0 Å². The highest BCUT2D eigenvalue weighted by atomic mass is 32.2. The summed E-state index contributed by atoms with van der Waals surface area (Å²) >= 11 is 0. The Hall–Kier alpha value is -1.32. The van der Waals surface area contributed by atoms with Crippen LogP contribution in [-0.2, 0) is 10.1 Å². The second-order valence-corrected chi connectivity index (χ2v) is 10.6. The van der Waals surface area contributed by atoms with Gasteiger partial charge in [-0.1, -0.05) is 27.7 Å². The lowest BCUT2D eigenvalue weighted by atomic mass is 9.91. The zero-order chi connectivity index (χ0) is 34.7. The molecular formula is C20H28F17NO3S. The van der Waals surface area contributed by atoms with Gasteiger partial charge in [0.05, 0.1) is 26.2 Å². The Labute approximate surface area is 229 Å². The molecule has 0 atom stereocenters. The molecule has 0 aromatic carbocycles. The molecule has 0 aliphatic heterocycles. The van der Waals surface area contributed by atoms with Crippen LogP contribution in [0.1, 0.15) is 53.4 Å². The standard InChI is InChI=1S/C12H28N.C8HF17O3S/c1-5-9-13(10-6-2,11-7-3)12-8-4;9-1(10,3(13,14)5(17,18)7(21,22)23)2(11,12)4(15,16)6(19,20)8(24,25)29(26,27)28/h5-12H2,1-4H3;(H,26,27,28)/q+1;/p-1. The molecule has 0 rings (SSSR count). The Morgan fingerprint density at radius 3 is 0.857 bits per heavy atom. The average molecular weight is 685 g/mol. The molecule has 42 heavy (non-hydrogen) atoms. The van der Waals surface area contributed by atoms with Crippen molar-refractivity contribution in [1.29, 1.82) is 0 Å². The predicted molar refractivity (Wildman–Crippen MR) is 111 cm³/mol. The molecule has 4 nitrogen and oxygen atoms in total. The molecular weight excluding hydrogens is 657 g/mol. The van der Waals surface area contributed by atoms with Gasteiger partial charge in [-0.2, -0.15) is 74.6 Å². The van der Waals surface area contributed by atoms with Crippen LogP contribution in [0.15, 0.2) is 0 Å². The highest BCUT2D eigenvalue weighted by Gasteiger charge is 2.95. The normalized spacial score (nSPS) is 15.4. The highest BCUT2D eigenvalue weighted by Crippen LogP contribution is 2.64. The van der Waals surface area contributed by atoms with Crippen LogP contribution in [0.4, 0.5) is 74.6 Å². The Morgan fingerprint density at radius 2 is 0.667 bits per heavy atom. The topological polar surface area (TPSA) is 57.2 Å². The van der Waals surface area contributed by atoms with Gasteiger partial charge in [-0.15, -0.1) is 0 Å². The lowest BCUT2D eigenvalue weighted by Gasteiger charge is -2.42. The average Bonchev–Trinajstić information content (AvgIpc) is 2.78. The van der Waals surface area contributed by atoms with Crippen molar-refractivity contribution in [2.75, 3.05) is 26.2 Å². The Kier molecular flexibility index (Phi) is 13.6. The van der Waals surface area contributed by atoms with Crippen molar-refractivity contribution in [2.24, 2.45) is 0 Å². The van der Waals surface area contributed by atoms with Crippen molar-refractivity contribution in [3.63, 3.8) is 0 Å². The number of nitrogens with zero attached hydrogens (tertiary/aromatic N) is 1. The maximum atomic E-state index is 13.0. The molecule has 0 bridgehead atoms. The fraction of sp³-hybridized carbons (Fsp3) is 1.00. The molecule has 0 fully saturated rings. The number of alkyl halides is 17. The van der Waals surface area contributed by atoms with Crippen molar-refractivity contribution in [2.45, 2.75) is 100 Å². The van der Waals surface area contributed by atoms with Crippen LogP contribution in [0.3, 0.4) is 0 Å². The number of halogens is 17. The van der Waals surface area contributed by atoms with Crippen molar-refractivity contribution < 1.29 is 92.1 Å². The monoisotopic (exact) mass is 685 g/mol. The molecule has 0 aliphatic rings. The summed E-state index contributed by atoms with van der Waals surface area (Å²) in [6.45, 7) is 14.8. The Morgan fingerprint density at radius 1 is 0.452 bits per heavy atom. The SMILES string of the molecule is CCC[N+](CCC)(CCC)CCC.O=S(=O)([O-])C(F)(F)C(F)(F)C(F)(F)C(F)(F)C(F)(F)C(F)(F)C(F)(F)C(F)(F)F. The maximum absolute atomic E-state index is 13.0. The van der Waals surface area contributed by atoms with E-state index >= 15 is 0 Å². The van der Waals surface area contributed by atoms with Crippen molar-refractivity contribution in [1.82, 2.24) is 0 Å². The molecule has 0 spiro atoms. The summed E-state index contributed by atoms with van der Waals surface area (Å²) in [4.78, 5) is 0. The largest absolute Gasteiger partial charge is 0.743 e. The number of hydrogen-bond donors (Lipinski definition) is 0. The van der Waals surface area contributed by atoms with Crippen LogP contribution in [0, 0.1) is 0 Å². The molecule has 0 aromatic heterocycles. The first kappa shape index (κ1) is 42.8. The molecule has 0 amide bonds. The van der Waals surface area contributed by atoms with Gasteiger partial charge >= 0.3 is 47.0 Å². The van der Waals surface area contributed by atoms with Crippen molar-refractivity contribution in [3.8, 4) is 0 Å². The fourth-order valence-electron chi connectivity index (χ4n) is 3.87. The number of quaternary nitrogens is 1. The lowest BCUT2D eigenvalue weighted by molar-refractivity contribution is -0.928. The van der Waals surface area contributed by atoms with E-state index in [0.29, 0.717) is 0 Å². The maximum Gasteiger partial charge on any atom is 0.460 e. The van der Waals surface area contributed by atoms with Crippen LogP contribution < -0.4 is 0 Å². The van der Waals surface area contributed by atoms with E-state index < -0.39 is 57.1 Å². The van der Waals surface area contributed by atoms with Crippen molar-refractivity contribution >= 4 is 10.1 Å². The van der Waals surface area contributed by atoms with Crippen molar-refractivity contribution in [3.05, 3.63) is 0 Å². The fourth-order valence-corrected chi connectivity index (χ4v) is 4.32. The first-order chi connectivity index (χ1) is 18.2. The third-order valence-electron chi connectivity index (χ3n) is 5.80. The second kappa shape index (κ2) is 13.4. The zero-order valence-electron chi connectivity index (χ0n) is 22.2. The van der Waals surface area contributed by atoms with Crippen LogP contribution in [0.5, 0.6) is 0 Å². The van der Waals surface area contributed by atoms with Gasteiger partial charge < -0.3 is 9.04 Å². The number of hydrogen-bond acceptors (Lipinski definition) is 3. The van der Waals surface area contributed by atoms with Gasteiger partial charge in [0.2, 0.25) is 0 Å². The molecule has 0 radical (unpaired) electrons. The van der Waals surface area contributed by atoms with Crippen LogP contribution in [-0.4, -0.2) is 90.6 Å². The van der Waals surface area contributed by atoms with Gasteiger partial charge in [0, 0.05) is 0 Å². The molecule has 0 aromatic rings. The molecule has 0 saturated heterocycles. The van der Waals surface area contributed by atoms with E-state index in [2.05, 4.69) is 27.7 Å². The molecule has 0 saturated carbocycles. The summed E-state index contributed by atoms with van der Waals surface area (Å²) in [6, 6.07) is 0. The molecule has 22 heteroatoms. The van der Waals surface area contributed by atoms with E-state index in [-0.39, 0.29) is 0 Å². The number of rotatable bonds is 15. The van der Waals surface area contributed by atoms with E-state index in [1.165, 1.54) is 56.3 Å². The Bertz CT molecular complexity index is 936. The third-order valence-corrected chi connectivity index (χ3v) is 6.68. The summed E-state index contributed by atoms with van der Waals surface area (Å²) in [5.41, 5.74) is 0. The molecule has 0 aliphatic carbocycles. The minimum Gasteiger partial charge on any atom is -0.743 e. The van der Waals surface area contributed by atoms with Gasteiger partial charge in [0.25, 0.3) is 0 Å². The van der Waals surface area contributed by atoms with Crippen LogP contribution in [0.25, 0.3) is 0 Å². The second-order valence-electron chi connectivity index (χ2n) is 9.15. The lowest BCUT2D eigenvalue weighted by Crippen LogP contribution is -2.75. The van der Waals surface area contributed by atoms with Gasteiger partial charge in [0.1, 0.15) is 0 Å². The van der Waals surface area contributed by atoms with Gasteiger partial charge in [-0.3, -0.25) is 0 Å². The first-order valence-electron chi connectivity index (χ1n) is 11.8. The summed E-state index contributed by atoms with van der Waals surface area (Å²) in [5, 5.41) is -7.95. The van der Waals surface area contributed by atoms with E-state index in [4.69, 9.17) is 0 Å². The first-order valence-corrected chi connectivity index (χ1v) is 13.2. The smallest absolute Gasteiger partial charge is 0.460 e. The molecule has 0 heterocycles. The van der Waals surface area contributed by atoms with Gasteiger partial charge in [-0.05, 0) is 25.7 Å². The van der Waals surface area contributed by atoms with Crippen LogP contribution >= 0.6 is 0 Å². The quantitative estimate of drug-likeness (QED) is 0.100. The van der Waals surface area contributed by atoms with E-state index in [0.717, 1.165) is 0 Å². The third kappa shape index (κ3) is 7.31. The van der Waals surface area contributed by atoms with E-state index in [1.807, 2.05) is 0 Å². The Balaban J connectivity index is 0. The van der Waals surface area contributed by atoms with Gasteiger partial charge in [0.15, 0.2) is 10.1 Å². The summed E-state index contributed by atoms with van der Waals surface area (Å²) in [6.07, 6.45) is -2.56. The molecule has 0 unspecified atom stereocenters. The van der Waals surface area contributed by atoms with Gasteiger partial charge in [-0.25, -0.2) is 8.42 Å².